The molecule has 2 aliphatic rings. The van der Waals surface area contributed by atoms with E-state index in [4.69, 9.17) is 10.2 Å². The number of hydrogen-bond acceptors (Lipinski definition) is 4. The lowest BCUT2D eigenvalue weighted by Gasteiger charge is -2.02. The summed E-state index contributed by atoms with van der Waals surface area (Å²) in [6, 6.07) is 0. The first kappa shape index (κ1) is 8.44. The van der Waals surface area contributed by atoms with E-state index >= 15 is 0 Å². The third-order valence-electron chi connectivity index (χ3n) is 3.22. The third-order valence-corrected chi connectivity index (χ3v) is 3.22. The van der Waals surface area contributed by atoms with Crippen LogP contribution < -0.4 is 11.1 Å². The fourth-order valence-electron chi connectivity index (χ4n) is 1.96. The molecule has 3 rings (SSSR count). The second-order valence-corrected chi connectivity index (χ2v) is 4.42. The minimum Gasteiger partial charge on any atom is -0.447 e. The van der Waals surface area contributed by atoms with Crippen LogP contribution in [0.4, 0.5) is 0 Å². The molecule has 0 spiro atoms. The van der Waals surface area contributed by atoms with Crippen molar-refractivity contribution in [2.45, 2.75) is 30.7 Å². The second kappa shape index (κ2) is 2.81. The lowest BCUT2D eigenvalue weighted by atomic mass is 10.1. The first-order valence-electron chi connectivity index (χ1n) is 5.23. The number of aromatic nitrogens is 1. The number of nitrogens with one attached hydrogen (secondary N) is 1. The SMILES string of the molecule is NC1(c2nc(C3CCNC3)co2)CC1. The van der Waals surface area contributed by atoms with Crippen LogP contribution in [0.2, 0.25) is 0 Å². The third kappa shape index (κ3) is 1.26. The van der Waals surface area contributed by atoms with Gasteiger partial charge in [-0.25, -0.2) is 4.98 Å². The summed E-state index contributed by atoms with van der Waals surface area (Å²) in [5, 5.41) is 3.32. The van der Waals surface area contributed by atoms with Gasteiger partial charge in [0.1, 0.15) is 6.26 Å². The van der Waals surface area contributed by atoms with Gasteiger partial charge in [-0.2, -0.15) is 0 Å². The molecule has 3 N–H and O–H groups in total. The fourth-order valence-corrected chi connectivity index (χ4v) is 1.96. The molecule has 1 aromatic heterocycles. The highest BCUT2D eigenvalue weighted by Crippen LogP contribution is 2.42. The average Bonchev–Trinajstić information content (AvgIpc) is 2.73. The van der Waals surface area contributed by atoms with E-state index in [1.165, 1.54) is 0 Å². The Hall–Kier alpha value is -0.870. The number of nitrogens with zero attached hydrogens (tertiary/aromatic N) is 1. The van der Waals surface area contributed by atoms with Crippen molar-refractivity contribution in [2.24, 2.45) is 5.73 Å². The average molecular weight is 193 g/mol. The van der Waals surface area contributed by atoms with Gasteiger partial charge in [-0.1, -0.05) is 0 Å². The lowest BCUT2D eigenvalue weighted by molar-refractivity contribution is 0.440. The Morgan fingerprint density at radius 1 is 1.57 bits per heavy atom. The number of nitrogens with two attached hydrogens (primary N) is 1. The van der Waals surface area contributed by atoms with Crippen LogP contribution in [0.15, 0.2) is 10.7 Å². The van der Waals surface area contributed by atoms with Crippen LogP contribution in [0.5, 0.6) is 0 Å². The van der Waals surface area contributed by atoms with Gasteiger partial charge in [-0.3, -0.25) is 0 Å². The summed E-state index contributed by atoms with van der Waals surface area (Å²) in [5.41, 5.74) is 6.85. The quantitative estimate of drug-likeness (QED) is 0.725. The number of rotatable bonds is 2. The Morgan fingerprint density at radius 3 is 3.07 bits per heavy atom. The van der Waals surface area contributed by atoms with Crippen LogP contribution in [0.25, 0.3) is 0 Å². The first-order chi connectivity index (χ1) is 6.78. The Labute approximate surface area is 82.9 Å². The molecule has 0 amide bonds. The zero-order valence-corrected chi connectivity index (χ0v) is 8.12. The molecular formula is C10H15N3O. The van der Waals surface area contributed by atoms with Crippen molar-refractivity contribution in [3.63, 3.8) is 0 Å². The van der Waals surface area contributed by atoms with E-state index in [-0.39, 0.29) is 5.54 Å². The summed E-state index contributed by atoms with van der Waals surface area (Å²) in [6.07, 6.45) is 4.95. The van der Waals surface area contributed by atoms with Gasteiger partial charge in [-0.05, 0) is 25.8 Å². The minimum atomic E-state index is -0.232. The van der Waals surface area contributed by atoms with Crippen LogP contribution in [-0.4, -0.2) is 18.1 Å². The summed E-state index contributed by atoms with van der Waals surface area (Å²) >= 11 is 0. The van der Waals surface area contributed by atoms with Crippen LogP contribution in [0, 0.1) is 0 Å². The maximum atomic E-state index is 6.01. The molecule has 0 radical (unpaired) electrons. The number of hydrogen-bond donors (Lipinski definition) is 2. The molecule has 4 nitrogen and oxygen atoms in total. The fraction of sp³-hybridized carbons (Fsp3) is 0.700. The van der Waals surface area contributed by atoms with Crippen molar-refractivity contribution >= 4 is 0 Å². The van der Waals surface area contributed by atoms with Gasteiger partial charge in [0.2, 0.25) is 5.89 Å². The van der Waals surface area contributed by atoms with Crippen LogP contribution >= 0.6 is 0 Å². The molecule has 1 saturated carbocycles. The largest absolute Gasteiger partial charge is 0.447 e. The molecule has 1 unspecified atom stereocenters. The van der Waals surface area contributed by atoms with Gasteiger partial charge in [0.25, 0.3) is 0 Å². The molecule has 1 aliphatic heterocycles. The molecule has 76 valence electrons. The van der Waals surface area contributed by atoms with Crippen LogP contribution in [0.1, 0.15) is 36.8 Å². The predicted molar refractivity (Wildman–Crippen MR) is 51.8 cm³/mol. The van der Waals surface area contributed by atoms with E-state index in [2.05, 4.69) is 10.3 Å². The normalized spacial score (nSPS) is 29.4. The van der Waals surface area contributed by atoms with Crippen LogP contribution in [0.3, 0.4) is 0 Å². The van der Waals surface area contributed by atoms with E-state index in [0.717, 1.165) is 43.9 Å². The molecular weight excluding hydrogens is 178 g/mol. The molecule has 1 aliphatic carbocycles. The highest BCUT2D eigenvalue weighted by molar-refractivity contribution is 5.16. The molecule has 4 heteroatoms. The van der Waals surface area contributed by atoms with E-state index in [0.29, 0.717) is 5.92 Å². The van der Waals surface area contributed by atoms with Gasteiger partial charge in [0.15, 0.2) is 0 Å². The lowest BCUT2D eigenvalue weighted by Crippen LogP contribution is -2.19. The highest BCUT2D eigenvalue weighted by atomic mass is 16.3. The molecule has 0 bridgehead atoms. The van der Waals surface area contributed by atoms with Gasteiger partial charge >= 0.3 is 0 Å². The summed E-state index contributed by atoms with van der Waals surface area (Å²) in [4.78, 5) is 4.49. The Kier molecular flexibility index (Phi) is 1.69. The summed E-state index contributed by atoms with van der Waals surface area (Å²) < 4.78 is 5.44. The van der Waals surface area contributed by atoms with Crippen molar-refractivity contribution in [3.8, 4) is 0 Å². The summed E-state index contributed by atoms with van der Waals surface area (Å²) in [7, 11) is 0. The second-order valence-electron chi connectivity index (χ2n) is 4.42. The molecule has 1 aromatic rings. The Bertz CT molecular complexity index is 337. The smallest absolute Gasteiger partial charge is 0.214 e. The maximum absolute atomic E-state index is 6.01. The first-order valence-corrected chi connectivity index (χ1v) is 5.23. The molecule has 14 heavy (non-hydrogen) atoms. The topological polar surface area (TPSA) is 64.1 Å². The monoisotopic (exact) mass is 193 g/mol. The van der Waals surface area contributed by atoms with Crippen molar-refractivity contribution < 1.29 is 4.42 Å². The zero-order valence-electron chi connectivity index (χ0n) is 8.12. The minimum absolute atomic E-state index is 0.232. The molecule has 0 aromatic carbocycles. The molecule has 1 atom stereocenters. The van der Waals surface area contributed by atoms with Gasteiger partial charge in [-0.15, -0.1) is 0 Å². The zero-order chi connectivity index (χ0) is 9.60. The highest BCUT2D eigenvalue weighted by Gasteiger charge is 2.45. The van der Waals surface area contributed by atoms with Crippen molar-refractivity contribution in [3.05, 3.63) is 17.8 Å². The summed E-state index contributed by atoms with van der Waals surface area (Å²) in [6.45, 7) is 2.10. The van der Waals surface area contributed by atoms with Crippen molar-refractivity contribution in [1.82, 2.24) is 10.3 Å². The number of oxazole rings is 1. The predicted octanol–water partition coefficient (Wildman–Crippen LogP) is 0.699. The van der Waals surface area contributed by atoms with E-state index in [9.17, 15) is 0 Å². The van der Waals surface area contributed by atoms with E-state index < -0.39 is 0 Å². The van der Waals surface area contributed by atoms with Crippen molar-refractivity contribution in [2.75, 3.05) is 13.1 Å². The standard InChI is InChI=1S/C10H15N3O/c11-10(2-3-10)9-13-8(6-14-9)7-1-4-12-5-7/h6-7,12H,1-5,11H2. The molecule has 1 saturated heterocycles. The Balaban J connectivity index is 1.82. The maximum Gasteiger partial charge on any atom is 0.214 e. The Morgan fingerprint density at radius 2 is 2.43 bits per heavy atom. The van der Waals surface area contributed by atoms with E-state index in [1.54, 1.807) is 6.26 Å². The van der Waals surface area contributed by atoms with Gasteiger partial charge in [0.05, 0.1) is 11.2 Å². The summed E-state index contributed by atoms with van der Waals surface area (Å²) in [5.74, 6) is 1.26. The van der Waals surface area contributed by atoms with Gasteiger partial charge in [0, 0.05) is 12.5 Å². The molecule has 2 heterocycles. The molecule has 2 fully saturated rings. The van der Waals surface area contributed by atoms with Crippen LogP contribution in [-0.2, 0) is 5.54 Å². The van der Waals surface area contributed by atoms with Crippen molar-refractivity contribution in [1.29, 1.82) is 0 Å². The van der Waals surface area contributed by atoms with E-state index in [1.807, 2.05) is 0 Å². The van der Waals surface area contributed by atoms with Gasteiger partial charge < -0.3 is 15.5 Å².